The molecule has 0 unspecified atom stereocenters. The first-order valence-corrected chi connectivity index (χ1v) is 23.5. The van der Waals surface area contributed by atoms with Gasteiger partial charge in [0.2, 0.25) is 9.84 Å². The van der Waals surface area contributed by atoms with Gasteiger partial charge >= 0.3 is 20.4 Å². The van der Waals surface area contributed by atoms with Crippen LogP contribution in [0.4, 0.5) is 4.39 Å². The summed E-state index contributed by atoms with van der Waals surface area (Å²) in [4.78, 5) is -0.0327. The molecule has 0 aliphatic carbocycles. The molecule has 0 aliphatic heterocycles. The predicted octanol–water partition coefficient (Wildman–Crippen LogP) is 3.68. The summed E-state index contributed by atoms with van der Waals surface area (Å²) in [6, 6.07) is 76.0. The van der Waals surface area contributed by atoms with E-state index in [1.54, 1.807) is 18.2 Å². The molecule has 1 N–H and O–H groups in total. The molecule has 0 amide bonds. The maximum Gasteiger partial charge on any atom is 2.00 e. The molecule has 0 heterocycles. The number of rotatable bonds is 8. The quantitative estimate of drug-likeness (QED) is 0.144. The Kier molecular flexibility index (Phi) is 21.8. The normalized spacial score (nSPS) is 10.4. The fourth-order valence-corrected chi connectivity index (χ4v) is 12.0. The van der Waals surface area contributed by atoms with E-state index >= 15 is 0 Å². The molecule has 0 saturated heterocycles. The Bertz CT molecular complexity index is 2400. The molecule has 0 spiro atoms. The minimum atomic E-state index is -3.76. The Labute approximate surface area is 400 Å². The number of hydrogen-bond acceptors (Lipinski definition) is 3. The topological polar surface area (TPSA) is 54.4 Å². The Balaban J connectivity index is 0.000000246. The van der Waals surface area contributed by atoms with Crippen molar-refractivity contribution in [2.75, 3.05) is 0 Å². The minimum Gasteiger partial charge on any atom is -1.00 e. The average molecular weight is 1020 g/mol. The third-order valence-corrected chi connectivity index (χ3v) is 15.5. The van der Waals surface area contributed by atoms with Crippen molar-refractivity contribution in [2.24, 2.45) is 0 Å². The second-order valence-electron chi connectivity index (χ2n) is 14.0. The van der Waals surface area contributed by atoms with Crippen LogP contribution in [0.3, 0.4) is 0 Å². The van der Waals surface area contributed by atoms with E-state index < -0.39 is 37.1 Å². The van der Waals surface area contributed by atoms with Gasteiger partial charge in [0, 0.05) is 0 Å². The van der Waals surface area contributed by atoms with E-state index in [0.29, 0.717) is 0 Å². The van der Waals surface area contributed by atoms with Crippen LogP contribution in [0.15, 0.2) is 240 Å². The van der Waals surface area contributed by atoms with Crippen molar-refractivity contribution in [1.29, 1.82) is 0 Å². The summed E-state index contributed by atoms with van der Waals surface area (Å²) in [6.07, 6.45) is 0. The maximum absolute atomic E-state index is 14.0. The van der Waals surface area contributed by atoms with Crippen molar-refractivity contribution in [3.63, 3.8) is 0 Å². The van der Waals surface area contributed by atoms with Gasteiger partial charge in [-0.1, -0.05) is 212 Å². The summed E-state index contributed by atoms with van der Waals surface area (Å²) in [7, 11) is -4.65. The Morgan fingerprint density at radius 3 is 0.968 bits per heavy atom. The second kappa shape index (κ2) is 26.1. The van der Waals surface area contributed by atoms with Crippen LogP contribution in [-0.2, 0) is 30.3 Å². The predicted molar refractivity (Wildman–Crippen MR) is 252 cm³/mol. The minimum absolute atomic E-state index is 0. The van der Waals surface area contributed by atoms with E-state index in [0.717, 1.165) is 6.07 Å². The van der Waals surface area contributed by atoms with Gasteiger partial charge in [0.15, 0.2) is 0 Å². The van der Waals surface area contributed by atoms with Crippen LogP contribution in [0.5, 0.6) is 0 Å². The molecule has 0 radical (unpaired) electrons. The molecule has 0 atom stereocenters. The largest absolute Gasteiger partial charge is 2.00 e. The van der Waals surface area contributed by atoms with Gasteiger partial charge in [0.1, 0.15) is 11.4 Å². The van der Waals surface area contributed by atoms with E-state index in [9.17, 15) is 17.9 Å². The van der Waals surface area contributed by atoms with Crippen LogP contribution in [-0.4, -0.2) is 19.1 Å². The standard InChI is InChI=1S/2C18H15P.C17H15FO3S.2ClH.Pd/c2*1-4-10-16(11-5-1)19(17-12-6-2-7-13-17)18-14-8-3-9-15-18;1-17(2,19)11-10-13-8-9-15(12-16(13)18)22(20,21)14-6-4-3-5-7-14;;;/h2*1-15H;3-9,12,19H,1-2H3;2*1H;/q;;;;;+2/p-2. The van der Waals surface area contributed by atoms with Gasteiger partial charge in [-0.2, -0.15) is 0 Å². The first-order valence-electron chi connectivity index (χ1n) is 19.4. The van der Waals surface area contributed by atoms with Gasteiger partial charge in [-0.15, -0.1) is 0 Å². The van der Waals surface area contributed by atoms with Crippen LogP contribution in [0.1, 0.15) is 19.4 Å². The molecule has 8 rings (SSSR count). The average Bonchev–Trinajstić information content (AvgIpc) is 3.29. The molecule has 0 saturated carbocycles. The Morgan fingerprint density at radius 1 is 0.444 bits per heavy atom. The zero-order chi connectivity index (χ0) is 42.2. The smallest absolute Gasteiger partial charge is 1.00 e. The molecule has 0 aliphatic rings. The molecule has 0 fully saturated rings. The number of aliphatic hydroxyl groups is 1. The Morgan fingerprint density at radius 2 is 0.714 bits per heavy atom. The number of sulfone groups is 1. The molecule has 3 nitrogen and oxygen atoms in total. The van der Waals surface area contributed by atoms with E-state index in [-0.39, 0.29) is 60.6 Å². The third-order valence-electron chi connectivity index (χ3n) is 8.89. The molecule has 8 aromatic carbocycles. The van der Waals surface area contributed by atoms with Crippen LogP contribution in [0, 0.1) is 17.7 Å². The number of halogens is 3. The summed E-state index contributed by atoms with van der Waals surface area (Å²) in [6.45, 7) is 2.96. The second-order valence-corrected chi connectivity index (χ2v) is 20.3. The first kappa shape index (κ1) is 52.6. The summed E-state index contributed by atoms with van der Waals surface area (Å²) in [5.74, 6) is 4.24. The zero-order valence-electron chi connectivity index (χ0n) is 34.5. The first-order chi connectivity index (χ1) is 29.1. The monoisotopic (exact) mass is 1020 g/mol. The van der Waals surface area contributed by atoms with Gasteiger partial charge in [0.05, 0.1) is 15.4 Å². The van der Waals surface area contributed by atoms with Gasteiger partial charge in [0.25, 0.3) is 0 Å². The molecular formula is C53H45Cl2FO3P2PdS. The summed E-state index contributed by atoms with van der Waals surface area (Å²) in [5, 5.41) is 17.9. The fraction of sp³-hybridized carbons (Fsp3) is 0.0566. The molecule has 63 heavy (non-hydrogen) atoms. The van der Waals surface area contributed by atoms with Crippen LogP contribution in [0.2, 0.25) is 0 Å². The summed E-state index contributed by atoms with van der Waals surface area (Å²) in [5.41, 5.74) is -1.21. The molecule has 322 valence electrons. The van der Waals surface area contributed by atoms with E-state index in [2.05, 4.69) is 194 Å². The summed E-state index contributed by atoms with van der Waals surface area (Å²) < 4.78 is 38.8. The fourth-order valence-electron chi connectivity index (χ4n) is 6.08. The number of hydrogen-bond donors (Lipinski definition) is 1. The van der Waals surface area contributed by atoms with Gasteiger partial charge in [-0.3, -0.25) is 0 Å². The molecule has 0 aromatic heterocycles. The van der Waals surface area contributed by atoms with Gasteiger partial charge in [-0.05, 0) is 91.8 Å². The van der Waals surface area contributed by atoms with Crippen molar-refractivity contribution < 1.29 is 63.2 Å². The zero-order valence-corrected chi connectivity index (χ0v) is 40.1. The summed E-state index contributed by atoms with van der Waals surface area (Å²) >= 11 is 0. The van der Waals surface area contributed by atoms with Crippen LogP contribution < -0.4 is 56.6 Å². The van der Waals surface area contributed by atoms with Crippen LogP contribution >= 0.6 is 15.8 Å². The van der Waals surface area contributed by atoms with Crippen molar-refractivity contribution in [3.8, 4) is 11.8 Å². The van der Waals surface area contributed by atoms with Crippen molar-refractivity contribution in [1.82, 2.24) is 0 Å². The molecule has 8 aromatic rings. The van der Waals surface area contributed by atoms with Crippen molar-refractivity contribution in [3.05, 3.63) is 242 Å². The third kappa shape index (κ3) is 15.5. The van der Waals surface area contributed by atoms with E-state index in [4.69, 9.17) is 0 Å². The molecule has 10 heteroatoms. The SMILES string of the molecule is CC(C)(O)C#Cc1ccc(S(=O)(=O)c2ccccc2)cc1F.[Cl-].[Cl-].[Pd+2].c1ccc(P(c2ccccc2)c2ccccc2)cc1.c1ccc(P(c2ccccc2)c2ccccc2)cc1. The van der Waals surface area contributed by atoms with E-state index in [1.165, 1.54) is 69.9 Å². The van der Waals surface area contributed by atoms with Crippen molar-refractivity contribution in [2.45, 2.75) is 29.2 Å². The Hall–Kier alpha value is -4.74. The molecule has 0 bridgehead atoms. The van der Waals surface area contributed by atoms with Gasteiger partial charge in [-0.25, -0.2) is 12.8 Å². The van der Waals surface area contributed by atoms with Gasteiger partial charge < -0.3 is 29.9 Å². The van der Waals surface area contributed by atoms with Crippen LogP contribution in [0.25, 0.3) is 0 Å². The van der Waals surface area contributed by atoms with E-state index in [1.807, 2.05) is 0 Å². The molecular weight excluding hydrogens is 975 g/mol. The van der Waals surface area contributed by atoms with Crippen molar-refractivity contribution >= 4 is 57.5 Å². The number of benzene rings is 8. The maximum atomic E-state index is 14.0.